The Bertz CT molecular complexity index is 1140. The van der Waals surface area contributed by atoms with Gasteiger partial charge in [-0.2, -0.15) is 0 Å². The molecule has 29 heavy (non-hydrogen) atoms. The summed E-state index contributed by atoms with van der Waals surface area (Å²) >= 11 is 0. The molecule has 0 atom stereocenters. The Labute approximate surface area is 164 Å². The molecule has 0 aliphatic rings. The third kappa shape index (κ3) is 5.04. The van der Waals surface area contributed by atoms with Crippen molar-refractivity contribution in [1.29, 1.82) is 0 Å². The van der Waals surface area contributed by atoms with Gasteiger partial charge in [0, 0.05) is 29.6 Å². The maximum absolute atomic E-state index is 13.6. The Hall–Kier alpha value is -3.55. The fraction of sp³-hybridized carbons (Fsp3) is 0.190. The number of fused-ring (bicyclic) bond motifs is 1. The number of halogens is 2. The van der Waals surface area contributed by atoms with Crippen LogP contribution in [-0.4, -0.2) is 18.4 Å². The molecule has 1 N–H and O–H groups in total. The first-order valence-electron chi connectivity index (χ1n) is 8.76. The van der Waals surface area contributed by atoms with Crippen LogP contribution in [0.1, 0.15) is 27.9 Å². The highest BCUT2D eigenvalue weighted by atomic mass is 19.1. The van der Waals surface area contributed by atoms with Gasteiger partial charge in [0.1, 0.15) is 23.8 Å². The third-order valence-electron chi connectivity index (χ3n) is 4.16. The number of aryl methyl sites for hydroxylation is 1. The van der Waals surface area contributed by atoms with Crippen LogP contribution < -0.4 is 10.9 Å². The van der Waals surface area contributed by atoms with Crippen molar-refractivity contribution >= 4 is 22.8 Å². The van der Waals surface area contributed by atoms with Gasteiger partial charge in [0.25, 0.3) is 5.91 Å². The summed E-state index contributed by atoms with van der Waals surface area (Å²) in [5, 5.41) is 3.02. The normalized spacial score (nSPS) is 10.7. The van der Waals surface area contributed by atoms with Crippen molar-refractivity contribution in [2.24, 2.45) is 0 Å². The second kappa shape index (κ2) is 8.64. The number of carbonyl (C=O) groups is 2. The van der Waals surface area contributed by atoms with Gasteiger partial charge in [0.15, 0.2) is 0 Å². The first-order chi connectivity index (χ1) is 13.8. The zero-order chi connectivity index (χ0) is 21.0. The van der Waals surface area contributed by atoms with Gasteiger partial charge in [0.2, 0.25) is 0 Å². The summed E-state index contributed by atoms with van der Waals surface area (Å²) < 4.78 is 36.7. The van der Waals surface area contributed by atoms with Gasteiger partial charge in [-0.05, 0) is 30.7 Å². The number of esters is 1. The van der Waals surface area contributed by atoms with Crippen LogP contribution in [0.15, 0.2) is 51.7 Å². The molecule has 2 aromatic carbocycles. The Morgan fingerprint density at radius 3 is 2.66 bits per heavy atom. The van der Waals surface area contributed by atoms with Crippen LogP contribution in [0.4, 0.5) is 8.78 Å². The van der Waals surface area contributed by atoms with Gasteiger partial charge in [-0.15, -0.1) is 0 Å². The summed E-state index contributed by atoms with van der Waals surface area (Å²) in [6.45, 7) is 1.63. The molecule has 0 fully saturated rings. The van der Waals surface area contributed by atoms with E-state index >= 15 is 0 Å². The molecule has 150 valence electrons. The van der Waals surface area contributed by atoms with Crippen LogP contribution in [0, 0.1) is 18.6 Å². The minimum Gasteiger partial charge on any atom is -0.461 e. The zero-order valence-corrected chi connectivity index (χ0v) is 15.5. The molecule has 0 aliphatic heterocycles. The number of rotatable bonds is 6. The van der Waals surface area contributed by atoms with Crippen molar-refractivity contribution in [3.63, 3.8) is 0 Å². The number of carbonyl (C=O) groups excluding carboxylic acids is 2. The first-order valence-corrected chi connectivity index (χ1v) is 8.76. The third-order valence-corrected chi connectivity index (χ3v) is 4.16. The van der Waals surface area contributed by atoms with Gasteiger partial charge in [-0.3, -0.25) is 9.59 Å². The predicted octanol–water partition coefficient (Wildman–Crippen LogP) is 3.24. The molecule has 0 unspecified atom stereocenters. The molecule has 1 amide bonds. The van der Waals surface area contributed by atoms with Gasteiger partial charge in [-0.1, -0.05) is 12.1 Å². The van der Waals surface area contributed by atoms with Crippen LogP contribution in [0.25, 0.3) is 11.0 Å². The Balaban J connectivity index is 1.55. The van der Waals surface area contributed by atoms with E-state index in [4.69, 9.17) is 9.15 Å². The van der Waals surface area contributed by atoms with E-state index in [0.717, 1.165) is 17.7 Å². The Kier molecular flexibility index (Phi) is 6.01. The summed E-state index contributed by atoms with van der Waals surface area (Å²) in [5.74, 6) is -3.16. The van der Waals surface area contributed by atoms with E-state index in [1.54, 1.807) is 12.1 Å². The molecule has 0 radical (unpaired) electrons. The van der Waals surface area contributed by atoms with Crippen molar-refractivity contribution < 1.29 is 27.5 Å². The standard InChI is InChI=1S/C21H17F2NO5/c1-12-2-4-15-13(9-20(26)29-18(15)8-12)11-28-19(25)6-7-24-21(27)16-5-3-14(22)10-17(16)23/h2-5,8-10H,6-7,11H2,1H3,(H,24,27). The molecule has 6 nitrogen and oxygen atoms in total. The number of ether oxygens (including phenoxy) is 1. The SMILES string of the molecule is Cc1ccc2c(COC(=O)CCNC(=O)c3ccc(F)cc3F)cc(=O)oc2c1. The monoisotopic (exact) mass is 401 g/mol. The van der Waals surface area contributed by atoms with E-state index in [1.807, 2.05) is 13.0 Å². The van der Waals surface area contributed by atoms with Gasteiger partial charge in [0.05, 0.1) is 12.0 Å². The van der Waals surface area contributed by atoms with Gasteiger partial charge < -0.3 is 14.5 Å². The number of hydrogen-bond acceptors (Lipinski definition) is 5. The average Bonchev–Trinajstić information content (AvgIpc) is 2.65. The zero-order valence-electron chi connectivity index (χ0n) is 15.5. The lowest BCUT2D eigenvalue weighted by molar-refractivity contribution is -0.144. The predicted molar refractivity (Wildman–Crippen MR) is 100 cm³/mol. The minimum absolute atomic E-state index is 0.0919. The van der Waals surface area contributed by atoms with Crippen molar-refractivity contribution in [3.8, 4) is 0 Å². The van der Waals surface area contributed by atoms with E-state index in [9.17, 15) is 23.2 Å². The van der Waals surface area contributed by atoms with E-state index < -0.39 is 29.1 Å². The van der Waals surface area contributed by atoms with Crippen molar-refractivity contribution in [3.05, 3.63) is 81.2 Å². The average molecular weight is 401 g/mol. The van der Waals surface area contributed by atoms with Gasteiger partial charge >= 0.3 is 11.6 Å². The lowest BCUT2D eigenvalue weighted by Crippen LogP contribution is -2.27. The number of benzene rings is 2. The lowest BCUT2D eigenvalue weighted by atomic mass is 10.1. The molecule has 3 aromatic rings. The van der Waals surface area contributed by atoms with Crippen molar-refractivity contribution in [1.82, 2.24) is 5.32 Å². The number of amides is 1. The summed E-state index contributed by atoms with van der Waals surface area (Å²) in [5.41, 5.74) is 0.947. The van der Waals surface area contributed by atoms with Crippen LogP contribution in [0.3, 0.4) is 0 Å². The van der Waals surface area contributed by atoms with Crippen molar-refractivity contribution in [2.45, 2.75) is 20.0 Å². The summed E-state index contributed by atoms with van der Waals surface area (Å²) in [4.78, 5) is 35.5. The molecule has 1 aromatic heterocycles. The molecule has 3 rings (SSSR count). The van der Waals surface area contributed by atoms with Gasteiger partial charge in [-0.25, -0.2) is 13.6 Å². The lowest BCUT2D eigenvalue weighted by Gasteiger charge is -2.09. The molecule has 0 spiro atoms. The van der Waals surface area contributed by atoms with Crippen molar-refractivity contribution in [2.75, 3.05) is 6.54 Å². The maximum Gasteiger partial charge on any atom is 0.336 e. The molecule has 0 saturated carbocycles. The largest absolute Gasteiger partial charge is 0.461 e. The summed E-state index contributed by atoms with van der Waals surface area (Å²) in [7, 11) is 0. The van der Waals surface area contributed by atoms with Crippen LogP contribution in [0.2, 0.25) is 0 Å². The Morgan fingerprint density at radius 2 is 1.90 bits per heavy atom. The smallest absolute Gasteiger partial charge is 0.336 e. The van der Waals surface area contributed by atoms with Crippen LogP contribution in [0.5, 0.6) is 0 Å². The molecule has 0 bridgehead atoms. The number of hydrogen-bond donors (Lipinski definition) is 1. The molecule has 8 heteroatoms. The van der Waals surface area contributed by atoms with Crippen LogP contribution >= 0.6 is 0 Å². The maximum atomic E-state index is 13.6. The van der Waals surface area contributed by atoms with E-state index in [1.165, 1.54) is 6.07 Å². The fourth-order valence-electron chi connectivity index (χ4n) is 2.73. The topological polar surface area (TPSA) is 85.6 Å². The summed E-state index contributed by atoms with van der Waals surface area (Å²) in [6.07, 6.45) is -0.160. The fourth-order valence-corrected chi connectivity index (χ4v) is 2.73. The minimum atomic E-state index is -0.991. The Morgan fingerprint density at radius 1 is 1.10 bits per heavy atom. The highest BCUT2D eigenvalue weighted by Crippen LogP contribution is 2.19. The highest BCUT2D eigenvalue weighted by Gasteiger charge is 2.13. The highest BCUT2D eigenvalue weighted by molar-refractivity contribution is 5.94. The van der Waals surface area contributed by atoms with E-state index in [-0.39, 0.29) is 25.1 Å². The molecule has 0 aliphatic carbocycles. The second-order valence-corrected chi connectivity index (χ2v) is 6.38. The molecule has 0 saturated heterocycles. The van der Waals surface area contributed by atoms with E-state index in [0.29, 0.717) is 22.6 Å². The second-order valence-electron chi connectivity index (χ2n) is 6.38. The van der Waals surface area contributed by atoms with Crippen LogP contribution in [-0.2, 0) is 16.1 Å². The molecular weight excluding hydrogens is 384 g/mol. The van der Waals surface area contributed by atoms with E-state index in [2.05, 4.69) is 5.32 Å². The summed E-state index contributed by atoms with van der Waals surface area (Å²) in [6, 6.07) is 9.17. The number of nitrogens with one attached hydrogen (secondary N) is 1. The molecule has 1 heterocycles. The quantitative estimate of drug-likeness (QED) is 0.506. The first kappa shape index (κ1) is 20.2. The molecular formula is C21H17F2NO5.